The van der Waals surface area contributed by atoms with Crippen LogP contribution in [0.3, 0.4) is 0 Å². The third-order valence-electron chi connectivity index (χ3n) is 3.57. The fraction of sp³-hybridized carbons (Fsp3) is 0.500. The number of amides is 1. The number of carbonyl (C=O) groups is 1. The number of nitrogens with two attached hydrogens (primary N) is 1. The summed E-state index contributed by atoms with van der Waals surface area (Å²) in [5.74, 6) is -0.632. The minimum absolute atomic E-state index is 0.167. The van der Waals surface area contributed by atoms with Crippen LogP contribution in [0.2, 0.25) is 0 Å². The Morgan fingerprint density at radius 3 is 2.90 bits per heavy atom. The van der Waals surface area contributed by atoms with Gasteiger partial charge in [0, 0.05) is 32.2 Å². The third kappa shape index (κ3) is 3.75. The van der Waals surface area contributed by atoms with E-state index < -0.39 is 5.82 Å². The van der Waals surface area contributed by atoms with Gasteiger partial charge in [0.05, 0.1) is 12.2 Å². The molecule has 3 N–H and O–H groups in total. The maximum atomic E-state index is 13.5. The highest BCUT2D eigenvalue weighted by atomic mass is 19.1. The lowest BCUT2D eigenvalue weighted by atomic mass is 10.1. The van der Waals surface area contributed by atoms with E-state index in [1.807, 2.05) is 7.05 Å². The number of nitrogens with one attached hydrogen (secondary N) is 1. The number of hydrogen-bond donors (Lipinski definition) is 2. The van der Waals surface area contributed by atoms with E-state index in [1.165, 1.54) is 6.07 Å². The highest BCUT2D eigenvalue weighted by Gasteiger charge is 2.25. The van der Waals surface area contributed by atoms with Gasteiger partial charge in [-0.3, -0.25) is 9.69 Å². The van der Waals surface area contributed by atoms with E-state index in [9.17, 15) is 9.18 Å². The Balaban J connectivity index is 1.92. The van der Waals surface area contributed by atoms with E-state index >= 15 is 0 Å². The zero-order chi connectivity index (χ0) is 14.5. The van der Waals surface area contributed by atoms with Gasteiger partial charge in [0.25, 0.3) is 0 Å². The predicted molar refractivity (Wildman–Crippen MR) is 76.9 cm³/mol. The molecule has 1 atom stereocenters. The lowest BCUT2D eigenvalue weighted by Gasteiger charge is -2.39. The van der Waals surface area contributed by atoms with Crippen LogP contribution in [0.15, 0.2) is 24.3 Å². The standard InChI is InChI=1S/C14H21FN4O/c1-18-6-7-19(11(8-16)9-18)10-14(20)17-13-5-3-2-4-12(13)15/h2-5,11H,6-10,16H2,1H3,(H,17,20). The fourth-order valence-corrected chi connectivity index (χ4v) is 2.42. The minimum Gasteiger partial charge on any atom is -0.329 e. The van der Waals surface area contributed by atoms with Gasteiger partial charge in [-0.2, -0.15) is 0 Å². The highest BCUT2D eigenvalue weighted by Crippen LogP contribution is 2.13. The maximum Gasteiger partial charge on any atom is 0.238 e. The molecule has 0 aromatic heterocycles. The smallest absolute Gasteiger partial charge is 0.238 e. The molecule has 0 radical (unpaired) electrons. The lowest BCUT2D eigenvalue weighted by molar-refractivity contribution is -0.118. The molecule has 2 rings (SSSR count). The van der Waals surface area contributed by atoms with Crippen LogP contribution < -0.4 is 11.1 Å². The van der Waals surface area contributed by atoms with Crippen LogP contribution in [-0.2, 0) is 4.79 Å². The summed E-state index contributed by atoms with van der Waals surface area (Å²) >= 11 is 0. The van der Waals surface area contributed by atoms with E-state index in [0.29, 0.717) is 6.54 Å². The Morgan fingerprint density at radius 1 is 1.45 bits per heavy atom. The van der Waals surface area contributed by atoms with Crippen molar-refractivity contribution in [2.45, 2.75) is 6.04 Å². The first-order valence-corrected chi connectivity index (χ1v) is 6.77. The molecule has 1 aromatic rings. The van der Waals surface area contributed by atoms with Crippen molar-refractivity contribution in [1.82, 2.24) is 9.80 Å². The summed E-state index contributed by atoms with van der Waals surface area (Å²) in [6.45, 7) is 3.30. The van der Waals surface area contributed by atoms with E-state index in [0.717, 1.165) is 19.6 Å². The van der Waals surface area contributed by atoms with Gasteiger partial charge >= 0.3 is 0 Å². The molecular formula is C14H21FN4O. The quantitative estimate of drug-likeness (QED) is 0.835. The zero-order valence-electron chi connectivity index (χ0n) is 11.7. The van der Waals surface area contributed by atoms with Crippen molar-refractivity contribution in [2.75, 3.05) is 45.1 Å². The number of carbonyl (C=O) groups excluding carboxylic acids is 1. The number of hydrogen-bond acceptors (Lipinski definition) is 4. The summed E-state index contributed by atoms with van der Waals surface area (Å²) < 4.78 is 13.5. The fourth-order valence-electron chi connectivity index (χ4n) is 2.42. The van der Waals surface area contributed by atoms with E-state index in [-0.39, 0.29) is 24.2 Å². The number of nitrogens with zero attached hydrogens (tertiary/aromatic N) is 2. The summed E-state index contributed by atoms with van der Waals surface area (Å²) in [5, 5.41) is 2.60. The average Bonchev–Trinajstić information content (AvgIpc) is 2.43. The maximum absolute atomic E-state index is 13.5. The van der Waals surface area contributed by atoms with Crippen molar-refractivity contribution >= 4 is 11.6 Å². The number of anilines is 1. The predicted octanol–water partition coefficient (Wildman–Crippen LogP) is 0.339. The molecule has 5 nitrogen and oxygen atoms in total. The third-order valence-corrected chi connectivity index (χ3v) is 3.57. The Hall–Kier alpha value is -1.50. The van der Waals surface area contributed by atoms with Gasteiger partial charge in [0.1, 0.15) is 5.82 Å². The molecule has 0 bridgehead atoms. The number of likely N-dealkylation sites (N-methyl/N-ethyl adjacent to an activating group) is 1. The second-order valence-corrected chi connectivity index (χ2v) is 5.15. The molecule has 1 saturated heterocycles. The van der Waals surface area contributed by atoms with Crippen LogP contribution in [0.4, 0.5) is 10.1 Å². The summed E-state index contributed by atoms with van der Waals surface area (Å²) in [5.41, 5.74) is 5.97. The average molecular weight is 280 g/mol. The number of halogens is 1. The summed E-state index contributed by atoms with van der Waals surface area (Å²) in [6.07, 6.45) is 0. The van der Waals surface area contributed by atoms with Crippen molar-refractivity contribution < 1.29 is 9.18 Å². The number of para-hydroxylation sites is 1. The molecular weight excluding hydrogens is 259 g/mol. The van der Waals surface area contributed by atoms with Crippen molar-refractivity contribution in [3.05, 3.63) is 30.1 Å². The zero-order valence-corrected chi connectivity index (χ0v) is 11.7. The molecule has 1 aromatic carbocycles. The van der Waals surface area contributed by atoms with Crippen molar-refractivity contribution in [3.63, 3.8) is 0 Å². The van der Waals surface area contributed by atoms with Crippen LogP contribution in [0.25, 0.3) is 0 Å². The number of benzene rings is 1. The molecule has 110 valence electrons. The Morgan fingerprint density at radius 2 is 2.20 bits per heavy atom. The van der Waals surface area contributed by atoms with Gasteiger partial charge in [-0.05, 0) is 19.2 Å². The van der Waals surface area contributed by atoms with Gasteiger partial charge in [-0.15, -0.1) is 0 Å². The van der Waals surface area contributed by atoms with Crippen LogP contribution in [0.1, 0.15) is 0 Å². The molecule has 1 aliphatic rings. The van der Waals surface area contributed by atoms with E-state index in [2.05, 4.69) is 15.1 Å². The van der Waals surface area contributed by atoms with Crippen LogP contribution in [-0.4, -0.2) is 61.5 Å². The topological polar surface area (TPSA) is 61.6 Å². The highest BCUT2D eigenvalue weighted by molar-refractivity contribution is 5.92. The molecule has 0 aliphatic carbocycles. The van der Waals surface area contributed by atoms with Gasteiger partial charge in [-0.25, -0.2) is 4.39 Å². The van der Waals surface area contributed by atoms with Crippen LogP contribution in [0, 0.1) is 5.82 Å². The van der Waals surface area contributed by atoms with Gasteiger partial charge in [0.15, 0.2) is 0 Å². The SMILES string of the molecule is CN1CCN(CC(=O)Nc2ccccc2F)C(CN)C1. The van der Waals surface area contributed by atoms with Crippen LogP contribution in [0.5, 0.6) is 0 Å². The second kappa shape index (κ2) is 6.78. The molecule has 0 saturated carbocycles. The van der Waals surface area contributed by atoms with E-state index in [4.69, 9.17) is 5.73 Å². The summed E-state index contributed by atoms with van der Waals surface area (Å²) in [4.78, 5) is 16.3. The molecule has 0 spiro atoms. The van der Waals surface area contributed by atoms with Gasteiger partial charge < -0.3 is 16.0 Å². The lowest BCUT2D eigenvalue weighted by Crippen LogP contribution is -2.56. The van der Waals surface area contributed by atoms with Crippen molar-refractivity contribution in [2.24, 2.45) is 5.73 Å². The van der Waals surface area contributed by atoms with E-state index in [1.54, 1.807) is 18.2 Å². The van der Waals surface area contributed by atoms with Crippen molar-refractivity contribution in [3.8, 4) is 0 Å². The van der Waals surface area contributed by atoms with Gasteiger partial charge in [0.2, 0.25) is 5.91 Å². The minimum atomic E-state index is -0.422. The monoisotopic (exact) mass is 280 g/mol. The second-order valence-electron chi connectivity index (χ2n) is 5.15. The first-order chi connectivity index (χ1) is 9.60. The number of rotatable bonds is 4. The number of piperazine rings is 1. The summed E-state index contributed by atoms with van der Waals surface area (Å²) in [7, 11) is 2.04. The first kappa shape index (κ1) is 14.9. The Kier molecular flexibility index (Phi) is 5.05. The Labute approximate surface area is 118 Å². The molecule has 1 aliphatic heterocycles. The van der Waals surface area contributed by atoms with Crippen LogP contribution >= 0.6 is 0 Å². The molecule has 1 heterocycles. The normalized spacial score (nSPS) is 20.9. The molecule has 1 fully saturated rings. The Bertz CT molecular complexity index is 468. The van der Waals surface area contributed by atoms with Crippen molar-refractivity contribution in [1.29, 1.82) is 0 Å². The summed E-state index contributed by atoms with van der Waals surface area (Å²) in [6, 6.07) is 6.33. The molecule has 1 unspecified atom stereocenters. The first-order valence-electron chi connectivity index (χ1n) is 6.77. The molecule has 6 heteroatoms. The van der Waals surface area contributed by atoms with Gasteiger partial charge in [-0.1, -0.05) is 12.1 Å². The molecule has 20 heavy (non-hydrogen) atoms. The largest absolute Gasteiger partial charge is 0.329 e. The molecule has 1 amide bonds.